The van der Waals surface area contributed by atoms with Crippen LogP contribution in [0.5, 0.6) is 0 Å². The van der Waals surface area contributed by atoms with Crippen molar-refractivity contribution in [2.24, 2.45) is 5.92 Å². The molecule has 2 nitrogen and oxygen atoms in total. The van der Waals surface area contributed by atoms with E-state index in [9.17, 15) is 4.39 Å². The fourth-order valence-electron chi connectivity index (χ4n) is 3.54. The van der Waals surface area contributed by atoms with Crippen LogP contribution in [0.25, 0.3) is 0 Å². The quantitative estimate of drug-likeness (QED) is 0.897. The Hall–Kier alpha value is -0.930. The molecule has 3 heteroatoms. The average Bonchev–Trinajstić information content (AvgIpc) is 3.24. The van der Waals surface area contributed by atoms with E-state index < -0.39 is 0 Å². The summed E-state index contributed by atoms with van der Waals surface area (Å²) in [6.45, 7) is 2.10. The van der Waals surface area contributed by atoms with E-state index in [1.807, 2.05) is 19.2 Å². The lowest BCUT2D eigenvalue weighted by Gasteiger charge is -2.42. The summed E-state index contributed by atoms with van der Waals surface area (Å²) in [5, 5.41) is 3.29. The summed E-state index contributed by atoms with van der Waals surface area (Å²) in [6.07, 6.45) is 5.02. The van der Waals surface area contributed by atoms with Crippen molar-refractivity contribution >= 4 is 0 Å². The summed E-state index contributed by atoms with van der Waals surface area (Å²) < 4.78 is 14.2. The molecule has 1 aromatic rings. The second-order valence-electron chi connectivity index (χ2n) is 5.90. The maximum Gasteiger partial charge on any atom is 0.127 e. The van der Waals surface area contributed by atoms with Crippen LogP contribution in [0.15, 0.2) is 24.3 Å². The molecule has 1 saturated carbocycles. The first-order chi connectivity index (χ1) is 9.31. The minimum Gasteiger partial charge on any atom is -0.319 e. The van der Waals surface area contributed by atoms with Crippen LogP contribution < -0.4 is 5.32 Å². The number of likely N-dealkylation sites (tertiary alicyclic amines) is 1. The van der Waals surface area contributed by atoms with Crippen LogP contribution in [-0.4, -0.2) is 31.1 Å². The zero-order valence-corrected chi connectivity index (χ0v) is 11.6. The van der Waals surface area contributed by atoms with Gasteiger partial charge in [-0.1, -0.05) is 18.2 Å². The van der Waals surface area contributed by atoms with Gasteiger partial charge in [-0.25, -0.2) is 4.39 Å². The fourth-order valence-corrected chi connectivity index (χ4v) is 3.54. The molecule has 1 aromatic carbocycles. The van der Waals surface area contributed by atoms with Gasteiger partial charge < -0.3 is 5.32 Å². The summed E-state index contributed by atoms with van der Waals surface area (Å²) >= 11 is 0. The number of hydrogen-bond acceptors (Lipinski definition) is 2. The molecule has 0 spiro atoms. The van der Waals surface area contributed by atoms with E-state index in [2.05, 4.69) is 10.2 Å². The zero-order chi connectivity index (χ0) is 13.2. The minimum atomic E-state index is -0.0406. The van der Waals surface area contributed by atoms with Crippen LogP contribution in [0.1, 0.15) is 37.3 Å². The summed E-state index contributed by atoms with van der Waals surface area (Å²) in [4.78, 5) is 2.56. The largest absolute Gasteiger partial charge is 0.319 e. The van der Waals surface area contributed by atoms with Crippen molar-refractivity contribution in [3.63, 3.8) is 0 Å². The molecule has 1 saturated heterocycles. The van der Waals surface area contributed by atoms with E-state index in [0.29, 0.717) is 12.0 Å². The molecule has 2 fully saturated rings. The summed E-state index contributed by atoms with van der Waals surface area (Å²) in [5.41, 5.74) is 0.898. The molecule has 0 aromatic heterocycles. The highest BCUT2D eigenvalue weighted by Gasteiger charge is 2.40. The van der Waals surface area contributed by atoms with E-state index >= 15 is 0 Å². The molecule has 3 rings (SSSR count). The lowest BCUT2D eigenvalue weighted by atomic mass is 9.84. The molecule has 2 aliphatic rings. The molecule has 19 heavy (non-hydrogen) atoms. The Morgan fingerprint density at radius 2 is 2.05 bits per heavy atom. The van der Waals surface area contributed by atoms with Crippen LogP contribution in [0.4, 0.5) is 4.39 Å². The Morgan fingerprint density at radius 1 is 1.26 bits per heavy atom. The standard InChI is InChI=1S/C16H23FN2/c1-18-11-12-5-4-10-19(13-8-9-13)16(12)14-6-2-3-7-15(14)17/h2-3,6-7,12-13,16,18H,4-5,8-11H2,1H3. The number of halogens is 1. The SMILES string of the molecule is CNCC1CCCN(C2CC2)C1c1ccccc1F. The molecule has 0 amide bonds. The van der Waals surface area contributed by atoms with Gasteiger partial charge in [0.2, 0.25) is 0 Å². The van der Waals surface area contributed by atoms with Gasteiger partial charge in [-0.05, 0) is 57.8 Å². The van der Waals surface area contributed by atoms with Crippen LogP contribution in [0.3, 0.4) is 0 Å². The third kappa shape index (κ3) is 2.67. The van der Waals surface area contributed by atoms with Crippen LogP contribution >= 0.6 is 0 Å². The van der Waals surface area contributed by atoms with Crippen molar-refractivity contribution in [2.75, 3.05) is 20.1 Å². The Morgan fingerprint density at radius 3 is 2.74 bits per heavy atom. The van der Waals surface area contributed by atoms with Crippen molar-refractivity contribution in [1.29, 1.82) is 0 Å². The lowest BCUT2D eigenvalue weighted by molar-refractivity contribution is 0.0819. The van der Waals surface area contributed by atoms with Gasteiger partial charge in [-0.2, -0.15) is 0 Å². The highest BCUT2D eigenvalue weighted by Crippen LogP contribution is 2.43. The summed E-state index contributed by atoms with van der Waals surface area (Å²) in [5.74, 6) is 0.484. The first-order valence-electron chi connectivity index (χ1n) is 7.46. The number of hydrogen-bond donors (Lipinski definition) is 1. The fraction of sp³-hybridized carbons (Fsp3) is 0.625. The van der Waals surface area contributed by atoms with Crippen molar-refractivity contribution in [3.8, 4) is 0 Å². The second kappa shape index (κ2) is 5.59. The third-order valence-electron chi connectivity index (χ3n) is 4.50. The van der Waals surface area contributed by atoms with Crippen molar-refractivity contribution in [2.45, 2.75) is 37.8 Å². The Balaban J connectivity index is 1.92. The topological polar surface area (TPSA) is 15.3 Å². The molecule has 1 aliphatic heterocycles. The number of rotatable bonds is 4. The summed E-state index contributed by atoms with van der Waals surface area (Å²) in [6, 6.07) is 8.29. The third-order valence-corrected chi connectivity index (χ3v) is 4.50. The number of benzene rings is 1. The molecule has 1 aliphatic carbocycles. The van der Waals surface area contributed by atoms with Crippen molar-refractivity contribution < 1.29 is 4.39 Å². The summed E-state index contributed by atoms with van der Waals surface area (Å²) in [7, 11) is 1.99. The van der Waals surface area contributed by atoms with Gasteiger partial charge in [0, 0.05) is 17.6 Å². The molecule has 0 bridgehead atoms. The highest BCUT2D eigenvalue weighted by atomic mass is 19.1. The van der Waals surface area contributed by atoms with Crippen molar-refractivity contribution in [3.05, 3.63) is 35.6 Å². The van der Waals surface area contributed by atoms with Gasteiger partial charge in [0.1, 0.15) is 5.82 Å². The van der Waals surface area contributed by atoms with E-state index in [4.69, 9.17) is 0 Å². The molecule has 1 heterocycles. The zero-order valence-electron chi connectivity index (χ0n) is 11.6. The molecular weight excluding hydrogens is 239 g/mol. The van der Waals surface area contributed by atoms with Gasteiger partial charge >= 0.3 is 0 Å². The average molecular weight is 262 g/mol. The molecular formula is C16H23FN2. The lowest BCUT2D eigenvalue weighted by Crippen LogP contribution is -2.43. The number of nitrogens with one attached hydrogen (secondary N) is 1. The van der Waals surface area contributed by atoms with E-state index in [1.54, 1.807) is 12.1 Å². The first kappa shape index (κ1) is 13.1. The minimum absolute atomic E-state index is 0.0406. The normalized spacial score (nSPS) is 28.5. The van der Waals surface area contributed by atoms with Gasteiger partial charge in [0.05, 0.1) is 0 Å². The molecule has 0 radical (unpaired) electrons. The highest BCUT2D eigenvalue weighted by molar-refractivity contribution is 5.23. The Bertz CT molecular complexity index is 429. The van der Waals surface area contributed by atoms with E-state index in [0.717, 1.165) is 18.7 Å². The van der Waals surface area contributed by atoms with Gasteiger partial charge in [0.15, 0.2) is 0 Å². The van der Waals surface area contributed by atoms with Gasteiger partial charge in [-0.3, -0.25) is 4.90 Å². The van der Waals surface area contributed by atoms with Gasteiger partial charge in [0.25, 0.3) is 0 Å². The predicted molar refractivity (Wildman–Crippen MR) is 75.5 cm³/mol. The van der Waals surface area contributed by atoms with Crippen LogP contribution in [0, 0.1) is 11.7 Å². The first-order valence-corrected chi connectivity index (χ1v) is 7.46. The number of piperidine rings is 1. The molecule has 104 valence electrons. The molecule has 1 N–H and O–H groups in total. The van der Waals surface area contributed by atoms with Crippen LogP contribution in [0.2, 0.25) is 0 Å². The molecule has 2 unspecified atom stereocenters. The Kier molecular flexibility index (Phi) is 3.85. The van der Waals surface area contributed by atoms with Gasteiger partial charge in [-0.15, -0.1) is 0 Å². The monoisotopic (exact) mass is 262 g/mol. The van der Waals surface area contributed by atoms with Crippen LogP contribution in [-0.2, 0) is 0 Å². The Labute approximate surface area is 115 Å². The smallest absolute Gasteiger partial charge is 0.127 e. The van der Waals surface area contributed by atoms with E-state index in [1.165, 1.54) is 25.7 Å². The predicted octanol–water partition coefficient (Wildman–Crippen LogP) is 2.96. The second-order valence-corrected chi connectivity index (χ2v) is 5.90. The number of nitrogens with zero attached hydrogens (tertiary/aromatic N) is 1. The maximum atomic E-state index is 14.2. The van der Waals surface area contributed by atoms with E-state index in [-0.39, 0.29) is 11.9 Å². The van der Waals surface area contributed by atoms with Crippen molar-refractivity contribution in [1.82, 2.24) is 10.2 Å². The molecule has 2 atom stereocenters. The maximum absolute atomic E-state index is 14.2.